The molecule has 0 radical (unpaired) electrons. The molecule has 3 heterocycles. The van der Waals surface area contributed by atoms with E-state index in [4.69, 9.17) is 0 Å². The van der Waals surface area contributed by atoms with Crippen molar-refractivity contribution in [3.05, 3.63) is 55.6 Å². The molecule has 0 aliphatic carbocycles. The number of hydrogen-bond donors (Lipinski definition) is 1. The molecule has 1 aromatic rings. The molecule has 1 N–H and O–H groups in total. The number of benzene rings is 1. The summed E-state index contributed by atoms with van der Waals surface area (Å²) in [6.07, 6.45) is 10.6. The number of hydrogen-bond acceptors (Lipinski definition) is 5. The normalized spacial score (nSPS) is 27.6. The van der Waals surface area contributed by atoms with Crippen LogP contribution in [-0.4, -0.2) is 81.5 Å². The minimum atomic E-state index is -0.634. The van der Waals surface area contributed by atoms with Crippen molar-refractivity contribution >= 4 is 35.2 Å². The number of carbonyl (C=O) groups is 3. The fourth-order valence-electron chi connectivity index (χ4n) is 7.48. The Kier molecular flexibility index (Phi) is 11.3. The molecule has 6 atom stereocenters. The molecule has 7 nitrogen and oxygen atoms in total. The largest absolute Gasteiger partial charge is 0.396 e. The number of unbranched alkanes of at least 4 members (excludes halogenated alkanes) is 5. The summed E-state index contributed by atoms with van der Waals surface area (Å²) in [5, 5.41) is 9.21. The predicted octanol–water partition coefficient (Wildman–Crippen LogP) is 5.30. The zero-order valence-corrected chi connectivity index (χ0v) is 26.3. The third kappa shape index (κ3) is 6.07. The maximum Gasteiger partial charge on any atom is 0.247 e. The fourth-order valence-corrected chi connectivity index (χ4v) is 9.89. The van der Waals surface area contributed by atoms with Crippen LogP contribution in [-0.2, 0) is 14.4 Å². The van der Waals surface area contributed by atoms with Gasteiger partial charge < -0.3 is 19.8 Å². The van der Waals surface area contributed by atoms with Gasteiger partial charge in [0.1, 0.15) is 6.04 Å². The van der Waals surface area contributed by atoms with Gasteiger partial charge in [0.25, 0.3) is 0 Å². The summed E-state index contributed by atoms with van der Waals surface area (Å²) < 4.78 is -0.634. The molecule has 3 saturated heterocycles. The highest BCUT2D eigenvalue weighted by molar-refractivity contribution is 8.02. The number of thioether (sulfide) groups is 1. The van der Waals surface area contributed by atoms with Crippen molar-refractivity contribution in [2.24, 2.45) is 17.8 Å². The predicted molar refractivity (Wildman–Crippen MR) is 171 cm³/mol. The van der Waals surface area contributed by atoms with Crippen LogP contribution >= 0.6 is 11.8 Å². The minimum Gasteiger partial charge on any atom is -0.396 e. The van der Waals surface area contributed by atoms with Gasteiger partial charge in [0, 0.05) is 43.7 Å². The van der Waals surface area contributed by atoms with E-state index in [9.17, 15) is 19.5 Å². The van der Waals surface area contributed by atoms with E-state index in [0.29, 0.717) is 26.2 Å². The molecule has 2 bridgehead atoms. The van der Waals surface area contributed by atoms with Gasteiger partial charge in [-0.05, 0) is 43.7 Å². The maximum atomic E-state index is 14.6. The van der Waals surface area contributed by atoms with Gasteiger partial charge in [-0.25, -0.2) is 0 Å². The Balaban J connectivity index is 1.71. The van der Waals surface area contributed by atoms with Crippen LogP contribution in [0, 0.1) is 17.8 Å². The lowest BCUT2D eigenvalue weighted by atomic mass is 9.65. The van der Waals surface area contributed by atoms with Crippen LogP contribution in [0.5, 0.6) is 0 Å². The number of likely N-dealkylation sites (tertiary alicyclic amines) is 1. The average molecular weight is 596 g/mol. The van der Waals surface area contributed by atoms with E-state index in [2.05, 4.69) is 27.0 Å². The van der Waals surface area contributed by atoms with Crippen LogP contribution in [0.2, 0.25) is 0 Å². The van der Waals surface area contributed by atoms with E-state index in [1.165, 1.54) is 0 Å². The highest BCUT2D eigenvalue weighted by atomic mass is 32.2. The monoisotopic (exact) mass is 595 g/mol. The molecular formula is C34H49N3O4S. The lowest BCUT2D eigenvalue weighted by Gasteiger charge is -2.41. The van der Waals surface area contributed by atoms with Crippen molar-refractivity contribution in [3.8, 4) is 0 Å². The van der Waals surface area contributed by atoms with Crippen molar-refractivity contribution in [1.29, 1.82) is 0 Å². The van der Waals surface area contributed by atoms with Gasteiger partial charge in [0.15, 0.2) is 0 Å². The van der Waals surface area contributed by atoms with E-state index in [-0.39, 0.29) is 35.5 Å². The molecular weight excluding hydrogens is 546 g/mol. The lowest BCUT2D eigenvalue weighted by Crippen LogP contribution is -2.57. The Hall–Kier alpha value is -2.58. The lowest BCUT2D eigenvalue weighted by molar-refractivity contribution is -0.142. The van der Waals surface area contributed by atoms with Gasteiger partial charge in [-0.3, -0.25) is 14.4 Å². The fraction of sp³-hybridized carbons (Fsp3) is 0.618. The van der Waals surface area contributed by atoms with Gasteiger partial charge in [-0.1, -0.05) is 69.9 Å². The van der Waals surface area contributed by atoms with E-state index in [1.54, 1.807) is 28.8 Å². The first-order valence-corrected chi connectivity index (χ1v) is 16.7. The molecule has 3 aliphatic rings. The van der Waals surface area contributed by atoms with Gasteiger partial charge in [-0.15, -0.1) is 24.9 Å². The maximum absolute atomic E-state index is 14.6. The van der Waals surface area contributed by atoms with Crippen LogP contribution in [0.1, 0.15) is 65.2 Å². The number of aliphatic hydroxyl groups is 1. The molecule has 0 aromatic heterocycles. The van der Waals surface area contributed by atoms with Gasteiger partial charge >= 0.3 is 0 Å². The summed E-state index contributed by atoms with van der Waals surface area (Å²) in [5.41, 5.74) is 0.796. The van der Waals surface area contributed by atoms with E-state index < -0.39 is 22.6 Å². The molecule has 8 heteroatoms. The second-order valence-corrected chi connectivity index (χ2v) is 13.6. The number of carbonyl (C=O) groups excluding carboxylic acids is 3. The third-order valence-electron chi connectivity index (χ3n) is 9.41. The summed E-state index contributed by atoms with van der Waals surface area (Å²) in [5.74, 6) is -0.989. The molecule has 230 valence electrons. The molecule has 1 spiro atoms. The van der Waals surface area contributed by atoms with E-state index >= 15 is 0 Å². The molecule has 3 fully saturated rings. The number of fused-ring (bicyclic) bond motifs is 1. The molecule has 3 aliphatic heterocycles. The SMILES string of the molecule is C=CCN(CCCCC)C(=O)C1N(CCCCCCO)C(=O)[C@@H]2[C@@H](C(=O)N(CC=C)c3ccccc3)[C@H]3CC(C)C12S3. The van der Waals surface area contributed by atoms with Crippen molar-refractivity contribution in [2.45, 2.75) is 81.3 Å². The zero-order chi connectivity index (χ0) is 30.3. The van der Waals surface area contributed by atoms with Crippen LogP contribution < -0.4 is 4.90 Å². The van der Waals surface area contributed by atoms with Crippen molar-refractivity contribution in [3.63, 3.8) is 0 Å². The first kappa shape index (κ1) is 32.3. The van der Waals surface area contributed by atoms with Crippen molar-refractivity contribution in [2.75, 3.05) is 37.7 Å². The molecule has 42 heavy (non-hydrogen) atoms. The number of aliphatic hydroxyl groups excluding tert-OH is 1. The zero-order valence-electron chi connectivity index (χ0n) is 25.5. The Morgan fingerprint density at radius 3 is 2.43 bits per heavy atom. The first-order valence-electron chi connectivity index (χ1n) is 15.8. The Labute approximate surface area is 256 Å². The smallest absolute Gasteiger partial charge is 0.247 e. The first-order chi connectivity index (χ1) is 20.4. The number of para-hydroxylation sites is 1. The van der Waals surface area contributed by atoms with E-state index in [0.717, 1.165) is 57.1 Å². The molecule has 3 amide bonds. The average Bonchev–Trinajstić information content (AvgIpc) is 3.58. The van der Waals surface area contributed by atoms with Crippen LogP contribution in [0.3, 0.4) is 0 Å². The Morgan fingerprint density at radius 2 is 1.76 bits per heavy atom. The third-order valence-corrected chi connectivity index (χ3v) is 11.5. The highest BCUT2D eigenvalue weighted by Gasteiger charge is 2.76. The summed E-state index contributed by atoms with van der Waals surface area (Å²) >= 11 is 1.74. The summed E-state index contributed by atoms with van der Waals surface area (Å²) in [7, 11) is 0. The second-order valence-electron chi connectivity index (χ2n) is 12.1. The summed E-state index contributed by atoms with van der Waals surface area (Å²) in [6.45, 7) is 14.2. The number of amides is 3. The highest BCUT2D eigenvalue weighted by Crippen LogP contribution is 2.69. The number of rotatable bonds is 17. The van der Waals surface area contributed by atoms with Gasteiger partial charge in [-0.2, -0.15) is 0 Å². The van der Waals surface area contributed by atoms with Crippen molar-refractivity contribution < 1.29 is 19.5 Å². The molecule has 4 rings (SSSR count). The van der Waals surface area contributed by atoms with E-state index in [1.807, 2.05) is 40.1 Å². The quantitative estimate of drug-likeness (QED) is 0.195. The van der Waals surface area contributed by atoms with Crippen molar-refractivity contribution in [1.82, 2.24) is 9.80 Å². The van der Waals surface area contributed by atoms with Crippen LogP contribution in [0.15, 0.2) is 55.6 Å². The molecule has 0 saturated carbocycles. The second kappa shape index (κ2) is 14.7. The van der Waals surface area contributed by atoms with Crippen LogP contribution in [0.25, 0.3) is 0 Å². The summed E-state index contributed by atoms with van der Waals surface area (Å²) in [6, 6.07) is 9.00. The topological polar surface area (TPSA) is 81.2 Å². The molecule has 3 unspecified atom stereocenters. The Bertz CT molecular complexity index is 1110. The standard InChI is InChI=1S/C34H49N3O4S/c1-5-8-14-21-35(19-6-2)33(41)30-34-25(4)24-27(42-34)28(29(34)32(40)37(30)22-15-9-10-16-23-38)31(39)36(20-7-3)26-17-12-11-13-18-26/h6-7,11-13,17-18,25,27-30,38H,2-3,5,8-10,14-16,19-24H2,1,4H3/t25?,27-,28+,29+,30?,34?/m1/s1. The minimum absolute atomic E-state index is 0.00341. The number of anilines is 1. The van der Waals surface area contributed by atoms with Gasteiger partial charge in [0.2, 0.25) is 17.7 Å². The molecule has 1 aromatic carbocycles. The van der Waals surface area contributed by atoms with Crippen LogP contribution in [0.4, 0.5) is 5.69 Å². The summed E-state index contributed by atoms with van der Waals surface area (Å²) in [4.78, 5) is 49.0. The number of nitrogens with zero attached hydrogens (tertiary/aromatic N) is 3. The Morgan fingerprint density at radius 1 is 1.05 bits per heavy atom. The van der Waals surface area contributed by atoms with Gasteiger partial charge in [0.05, 0.1) is 16.6 Å².